The highest BCUT2D eigenvalue weighted by atomic mass is 16.5. The first-order valence-electron chi connectivity index (χ1n) is 8.47. The summed E-state index contributed by atoms with van der Waals surface area (Å²) in [6.07, 6.45) is 0. The molecule has 2 aromatic rings. The molecule has 0 saturated carbocycles. The van der Waals surface area contributed by atoms with E-state index >= 15 is 0 Å². The van der Waals surface area contributed by atoms with Crippen molar-refractivity contribution >= 4 is 22.4 Å². The summed E-state index contributed by atoms with van der Waals surface area (Å²) in [5.74, 6) is -0.530. The first-order chi connectivity index (χ1) is 12.1. The number of anilines is 1. The summed E-state index contributed by atoms with van der Waals surface area (Å²) in [5.41, 5.74) is 1.07. The Labute approximate surface area is 147 Å². The molecule has 6 nitrogen and oxygen atoms in total. The lowest BCUT2D eigenvalue weighted by Crippen LogP contribution is -2.38. The van der Waals surface area contributed by atoms with Crippen LogP contribution in [0.5, 0.6) is 5.75 Å². The number of nitrogens with zero attached hydrogens (tertiary/aromatic N) is 2. The van der Waals surface area contributed by atoms with Gasteiger partial charge in [0.2, 0.25) is 0 Å². The monoisotopic (exact) mass is 344 g/mol. The third-order valence-corrected chi connectivity index (χ3v) is 4.44. The number of hydrogen-bond donors (Lipinski definition) is 1. The Morgan fingerprint density at radius 1 is 1.24 bits per heavy atom. The van der Waals surface area contributed by atoms with E-state index in [1.54, 1.807) is 6.07 Å². The molecule has 1 fully saturated rings. The molecule has 6 heteroatoms. The van der Waals surface area contributed by atoms with Crippen LogP contribution in [0.1, 0.15) is 10.4 Å². The molecular formula is C19H24N2O4. The van der Waals surface area contributed by atoms with Crippen molar-refractivity contribution in [3.8, 4) is 5.75 Å². The average Bonchev–Trinajstić information content (AvgIpc) is 2.62. The van der Waals surface area contributed by atoms with Gasteiger partial charge in [-0.05, 0) is 6.07 Å². The number of aromatic hydroxyl groups is 1. The van der Waals surface area contributed by atoms with Gasteiger partial charge in [0.1, 0.15) is 17.9 Å². The summed E-state index contributed by atoms with van der Waals surface area (Å²) in [6.45, 7) is 4.09. The SMILES string of the molecule is CN(C)c1cc(C(=O)OCCN2CCOCC2)c(O)c2ccccc12. The van der Waals surface area contributed by atoms with Crippen molar-refractivity contribution in [2.45, 2.75) is 0 Å². The van der Waals surface area contributed by atoms with Gasteiger partial charge in [-0.1, -0.05) is 24.3 Å². The van der Waals surface area contributed by atoms with Crippen LogP contribution in [-0.4, -0.2) is 69.5 Å². The molecule has 0 spiro atoms. The van der Waals surface area contributed by atoms with Crippen molar-refractivity contribution in [1.29, 1.82) is 0 Å². The van der Waals surface area contributed by atoms with Crippen LogP contribution < -0.4 is 4.90 Å². The molecule has 1 aliphatic heterocycles. The maximum Gasteiger partial charge on any atom is 0.342 e. The van der Waals surface area contributed by atoms with Gasteiger partial charge in [-0.15, -0.1) is 0 Å². The first-order valence-corrected chi connectivity index (χ1v) is 8.47. The number of morpholine rings is 1. The molecule has 25 heavy (non-hydrogen) atoms. The lowest BCUT2D eigenvalue weighted by Gasteiger charge is -2.26. The number of phenolic OH excluding ortho intramolecular Hbond substituents is 1. The van der Waals surface area contributed by atoms with Crippen LogP contribution in [0, 0.1) is 0 Å². The normalized spacial score (nSPS) is 15.3. The third-order valence-electron chi connectivity index (χ3n) is 4.44. The van der Waals surface area contributed by atoms with Gasteiger partial charge >= 0.3 is 5.97 Å². The van der Waals surface area contributed by atoms with Crippen molar-refractivity contribution in [2.75, 3.05) is 58.5 Å². The van der Waals surface area contributed by atoms with Crippen LogP contribution in [0.15, 0.2) is 30.3 Å². The zero-order valence-electron chi connectivity index (χ0n) is 14.7. The summed E-state index contributed by atoms with van der Waals surface area (Å²) < 4.78 is 10.7. The molecule has 0 bridgehead atoms. The molecule has 0 amide bonds. The van der Waals surface area contributed by atoms with Gasteiger partial charge < -0.3 is 19.5 Å². The highest BCUT2D eigenvalue weighted by molar-refractivity contribution is 6.06. The van der Waals surface area contributed by atoms with Gasteiger partial charge in [0.25, 0.3) is 0 Å². The molecule has 3 rings (SSSR count). The molecular weight excluding hydrogens is 320 g/mol. The molecule has 134 valence electrons. The van der Waals surface area contributed by atoms with Gasteiger partial charge in [0.15, 0.2) is 0 Å². The van der Waals surface area contributed by atoms with E-state index in [0.29, 0.717) is 31.8 Å². The van der Waals surface area contributed by atoms with Crippen LogP contribution in [0.4, 0.5) is 5.69 Å². The fourth-order valence-corrected chi connectivity index (χ4v) is 3.04. The van der Waals surface area contributed by atoms with Gasteiger partial charge in [-0.25, -0.2) is 4.79 Å². The Morgan fingerprint density at radius 3 is 2.60 bits per heavy atom. The number of fused-ring (bicyclic) bond motifs is 1. The maximum atomic E-state index is 12.5. The highest BCUT2D eigenvalue weighted by Crippen LogP contribution is 2.36. The molecule has 1 aliphatic rings. The minimum Gasteiger partial charge on any atom is -0.506 e. The molecule has 0 radical (unpaired) electrons. The van der Waals surface area contributed by atoms with E-state index in [0.717, 1.165) is 24.2 Å². The number of esters is 1. The van der Waals surface area contributed by atoms with Crippen LogP contribution in [0.25, 0.3) is 10.8 Å². The fourth-order valence-electron chi connectivity index (χ4n) is 3.04. The number of carbonyl (C=O) groups is 1. The Bertz CT molecular complexity index is 754. The predicted molar refractivity (Wildman–Crippen MR) is 97.5 cm³/mol. The van der Waals surface area contributed by atoms with Crippen LogP contribution in [0.3, 0.4) is 0 Å². The zero-order chi connectivity index (χ0) is 17.8. The molecule has 0 aromatic heterocycles. The van der Waals surface area contributed by atoms with Crippen molar-refractivity contribution in [2.24, 2.45) is 0 Å². The minimum absolute atomic E-state index is 0.0300. The molecule has 0 aliphatic carbocycles. The van der Waals surface area contributed by atoms with Crippen LogP contribution in [-0.2, 0) is 9.47 Å². The molecule has 1 N–H and O–H groups in total. The van der Waals surface area contributed by atoms with E-state index in [2.05, 4.69) is 4.90 Å². The van der Waals surface area contributed by atoms with Crippen molar-refractivity contribution in [1.82, 2.24) is 4.90 Å². The summed E-state index contributed by atoms with van der Waals surface area (Å²) in [6, 6.07) is 9.18. The lowest BCUT2D eigenvalue weighted by atomic mass is 10.0. The van der Waals surface area contributed by atoms with E-state index in [1.165, 1.54) is 0 Å². The molecule has 0 unspecified atom stereocenters. The second kappa shape index (κ2) is 7.72. The second-order valence-corrected chi connectivity index (χ2v) is 6.32. The number of ether oxygens (including phenoxy) is 2. The van der Waals surface area contributed by atoms with Gasteiger partial charge in [-0.3, -0.25) is 4.90 Å². The van der Waals surface area contributed by atoms with Crippen molar-refractivity contribution < 1.29 is 19.4 Å². The second-order valence-electron chi connectivity index (χ2n) is 6.32. The number of phenols is 1. The molecule has 1 heterocycles. The predicted octanol–water partition coefficient (Wildman–Crippen LogP) is 2.10. The van der Waals surface area contributed by atoms with Crippen LogP contribution >= 0.6 is 0 Å². The number of carbonyl (C=O) groups excluding carboxylic acids is 1. The standard InChI is InChI=1S/C19H24N2O4/c1-20(2)17-13-16(18(22)15-6-4-3-5-14(15)17)19(23)25-12-9-21-7-10-24-11-8-21/h3-6,13,22H,7-12H2,1-2H3. The quantitative estimate of drug-likeness (QED) is 0.838. The molecule has 1 saturated heterocycles. The molecule has 0 atom stereocenters. The third kappa shape index (κ3) is 3.86. The molecule has 2 aromatic carbocycles. The smallest absolute Gasteiger partial charge is 0.342 e. The van der Waals surface area contributed by atoms with E-state index in [-0.39, 0.29) is 11.3 Å². The zero-order valence-corrected chi connectivity index (χ0v) is 14.7. The van der Waals surface area contributed by atoms with E-state index < -0.39 is 5.97 Å². The topological polar surface area (TPSA) is 62.2 Å². The van der Waals surface area contributed by atoms with Crippen LogP contribution in [0.2, 0.25) is 0 Å². The Kier molecular flexibility index (Phi) is 5.40. The van der Waals surface area contributed by atoms with Gasteiger partial charge in [0, 0.05) is 50.2 Å². The van der Waals surface area contributed by atoms with Crippen molar-refractivity contribution in [3.05, 3.63) is 35.9 Å². The fraction of sp³-hybridized carbons (Fsp3) is 0.421. The number of rotatable bonds is 5. The Hall–Kier alpha value is -2.31. The summed E-state index contributed by atoms with van der Waals surface area (Å²) in [5, 5.41) is 12.1. The van der Waals surface area contributed by atoms with Crippen molar-refractivity contribution in [3.63, 3.8) is 0 Å². The number of hydrogen-bond acceptors (Lipinski definition) is 6. The Morgan fingerprint density at radius 2 is 1.92 bits per heavy atom. The van der Waals surface area contributed by atoms with E-state index in [1.807, 2.05) is 43.3 Å². The van der Waals surface area contributed by atoms with Gasteiger partial charge in [0.05, 0.1) is 13.2 Å². The minimum atomic E-state index is -0.500. The largest absolute Gasteiger partial charge is 0.506 e. The maximum absolute atomic E-state index is 12.5. The summed E-state index contributed by atoms with van der Waals surface area (Å²) >= 11 is 0. The lowest BCUT2D eigenvalue weighted by molar-refractivity contribution is 0.0194. The van der Waals surface area contributed by atoms with E-state index in [4.69, 9.17) is 9.47 Å². The average molecular weight is 344 g/mol. The van der Waals surface area contributed by atoms with E-state index in [9.17, 15) is 9.90 Å². The summed E-state index contributed by atoms with van der Waals surface area (Å²) in [4.78, 5) is 16.6. The first kappa shape index (κ1) is 17.5. The van der Waals surface area contributed by atoms with Gasteiger partial charge in [-0.2, -0.15) is 0 Å². The Balaban J connectivity index is 1.77. The highest BCUT2D eigenvalue weighted by Gasteiger charge is 2.19. The number of benzene rings is 2. The summed E-state index contributed by atoms with van der Waals surface area (Å²) in [7, 11) is 3.82.